The van der Waals surface area contributed by atoms with E-state index >= 15 is 0 Å². The van der Waals surface area contributed by atoms with Crippen molar-refractivity contribution in [3.05, 3.63) is 33.8 Å². The Kier molecular flexibility index (Phi) is 5.70. The summed E-state index contributed by atoms with van der Waals surface area (Å²) in [5.74, 6) is -0.0569. The Morgan fingerprint density at radius 3 is 3.00 bits per heavy atom. The van der Waals surface area contributed by atoms with E-state index in [1.807, 2.05) is 19.1 Å². The zero-order valence-corrected chi connectivity index (χ0v) is 13.1. The number of rotatable bonds is 4. The molecular formula is C15H20Cl2NO2+. The molecule has 0 bridgehead atoms. The van der Waals surface area contributed by atoms with Gasteiger partial charge in [0.2, 0.25) is 0 Å². The van der Waals surface area contributed by atoms with Gasteiger partial charge in [-0.2, -0.15) is 0 Å². The molecule has 1 heterocycles. The molecule has 2 rings (SSSR count). The van der Waals surface area contributed by atoms with Gasteiger partial charge in [-0.1, -0.05) is 35.3 Å². The van der Waals surface area contributed by atoms with Crippen LogP contribution in [0.15, 0.2) is 18.2 Å². The van der Waals surface area contributed by atoms with E-state index in [0.717, 1.165) is 38.0 Å². The number of likely N-dealkylation sites (tertiary alicyclic amines) is 1. The highest BCUT2D eigenvalue weighted by Crippen LogP contribution is 2.25. The zero-order chi connectivity index (χ0) is 14.5. The second-order valence-corrected chi connectivity index (χ2v) is 5.97. The number of carbonyl (C=O) groups excluding carboxylic acids is 1. The maximum Gasteiger partial charge on any atom is 0.314 e. The molecule has 20 heavy (non-hydrogen) atoms. The van der Waals surface area contributed by atoms with Crippen molar-refractivity contribution in [2.24, 2.45) is 5.92 Å². The quantitative estimate of drug-likeness (QED) is 0.864. The summed E-state index contributed by atoms with van der Waals surface area (Å²) in [4.78, 5) is 13.2. The standard InChI is InChI=1S/C15H19Cl2NO2/c1-2-20-15(19)12-6-4-8-18(10-12)9-11-5-3-7-13(16)14(11)17/h3,5,7,12H,2,4,6,8-10H2,1H3/p+1/t12-/m0/s1. The molecule has 5 heteroatoms. The van der Waals surface area contributed by atoms with E-state index in [1.54, 1.807) is 6.07 Å². The molecule has 1 aliphatic rings. The molecule has 1 N–H and O–H groups in total. The predicted molar refractivity (Wildman–Crippen MR) is 80.2 cm³/mol. The summed E-state index contributed by atoms with van der Waals surface area (Å²) in [5, 5.41) is 1.21. The molecule has 1 saturated heterocycles. The average Bonchev–Trinajstić information content (AvgIpc) is 2.44. The Bertz CT molecular complexity index is 479. The summed E-state index contributed by atoms with van der Waals surface area (Å²) >= 11 is 12.3. The Morgan fingerprint density at radius 2 is 2.25 bits per heavy atom. The number of quaternary nitrogens is 1. The zero-order valence-electron chi connectivity index (χ0n) is 11.6. The highest BCUT2D eigenvalue weighted by Gasteiger charge is 2.30. The molecule has 2 atom stereocenters. The summed E-state index contributed by atoms with van der Waals surface area (Å²) in [7, 11) is 0. The molecule has 3 nitrogen and oxygen atoms in total. The van der Waals surface area contributed by atoms with Crippen molar-refractivity contribution >= 4 is 29.2 Å². The predicted octanol–water partition coefficient (Wildman–Crippen LogP) is 2.35. The number of carbonyl (C=O) groups is 1. The van der Waals surface area contributed by atoms with Gasteiger partial charge in [-0.05, 0) is 25.8 Å². The topological polar surface area (TPSA) is 30.7 Å². The fourth-order valence-corrected chi connectivity index (χ4v) is 3.11. The average molecular weight is 317 g/mol. The van der Waals surface area contributed by atoms with E-state index in [2.05, 4.69) is 0 Å². The maximum absolute atomic E-state index is 11.8. The highest BCUT2D eigenvalue weighted by atomic mass is 35.5. The molecule has 0 saturated carbocycles. The molecule has 1 aromatic carbocycles. The number of benzene rings is 1. The van der Waals surface area contributed by atoms with Crippen LogP contribution < -0.4 is 4.90 Å². The lowest BCUT2D eigenvalue weighted by atomic mass is 9.97. The first-order valence-corrected chi connectivity index (χ1v) is 7.80. The minimum absolute atomic E-state index is 0.0108. The van der Waals surface area contributed by atoms with E-state index in [-0.39, 0.29) is 11.9 Å². The van der Waals surface area contributed by atoms with Gasteiger partial charge in [0.1, 0.15) is 12.5 Å². The Balaban J connectivity index is 1.99. The summed E-state index contributed by atoms with van der Waals surface area (Å²) in [6.45, 7) is 4.96. The summed E-state index contributed by atoms with van der Waals surface area (Å²) in [6, 6.07) is 5.70. The first-order valence-electron chi connectivity index (χ1n) is 7.05. The molecule has 110 valence electrons. The largest absolute Gasteiger partial charge is 0.466 e. The third-order valence-electron chi connectivity index (χ3n) is 3.71. The molecule has 1 aliphatic heterocycles. The van der Waals surface area contributed by atoms with E-state index in [1.165, 1.54) is 4.90 Å². The Labute approximate surface area is 129 Å². The first-order chi connectivity index (χ1) is 9.61. The van der Waals surface area contributed by atoms with Crippen molar-refractivity contribution in [1.29, 1.82) is 0 Å². The number of esters is 1. The number of ether oxygens (including phenoxy) is 1. The van der Waals surface area contributed by atoms with Gasteiger partial charge in [0, 0.05) is 5.56 Å². The monoisotopic (exact) mass is 316 g/mol. The Morgan fingerprint density at radius 1 is 1.45 bits per heavy atom. The van der Waals surface area contributed by atoms with Crippen molar-refractivity contribution in [3.8, 4) is 0 Å². The van der Waals surface area contributed by atoms with Crippen LogP contribution in [0.2, 0.25) is 10.0 Å². The van der Waals surface area contributed by atoms with E-state index in [0.29, 0.717) is 16.7 Å². The lowest BCUT2D eigenvalue weighted by Gasteiger charge is -2.29. The smallest absolute Gasteiger partial charge is 0.314 e. The summed E-state index contributed by atoms with van der Waals surface area (Å²) in [6.07, 6.45) is 1.96. The summed E-state index contributed by atoms with van der Waals surface area (Å²) in [5.41, 5.74) is 1.04. The minimum atomic E-state index is -0.0677. The van der Waals surface area contributed by atoms with Crippen molar-refractivity contribution in [1.82, 2.24) is 0 Å². The van der Waals surface area contributed by atoms with Crippen LogP contribution in [0.25, 0.3) is 0 Å². The van der Waals surface area contributed by atoms with Crippen LogP contribution in [0.3, 0.4) is 0 Å². The van der Waals surface area contributed by atoms with Crippen LogP contribution in [0, 0.1) is 5.92 Å². The second kappa shape index (κ2) is 7.30. The van der Waals surface area contributed by atoms with E-state index in [4.69, 9.17) is 27.9 Å². The normalized spacial score (nSPS) is 22.6. The SMILES string of the molecule is CCOC(=O)[C@H]1CCC[NH+](Cc2cccc(Cl)c2Cl)C1. The van der Waals surface area contributed by atoms with Gasteiger partial charge < -0.3 is 9.64 Å². The van der Waals surface area contributed by atoms with Gasteiger partial charge in [0.05, 0.1) is 29.7 Å². The van der Waals surface area contributed by atoms with Crippen molar-refractivity contribution in [2.45, 2.75) is 26.3 Å². The van der Waals surface area contributed by atoms with Crippen LogP contribution in [-0.2, 0) is 16.1 Å². The number of halogens is 2. The lowest BCUT2D eigenvalue weighted by Crippen LogP contribution is -3.12. The number of hydrogen-bond donors (Lipinski definition) is 1. The molecule has 1 fully saturated rings. The third-order valence-corrected chi connectivity index (χ3v) is 4.57. The third kappa shape index (κ3) is 3.87. The van der Waals surface area contributed by atoms with E-state index in [9.17, 15) is 4.79 Å². The molecule has 1 unspecified atom stereocenters. The molecule has 0 aliphatic carbocycles. The van der Waals surface area contributed by atoms with Gasteiger partial charge in [0.15, 0.2) is 0 Å². The maximum atomic E-state index is 11.8. The fraction of sp³-hybridized carbons (Fsp3) is 0.533. The van der Waals surface area contributed by atoms with Crippen LogP contribution in [0.5, 0.6) is 0 Å². The van der Waals surface area contributed by atoms with Gasteiger partial charge in [0.25, 0.3) is 0 Å². The molecular weight excluding hydrogens is 297 g/mol. The number of nitrogens with one attached hydrogen (secondary N) is 1. The van der Waals surface area contributed by atoms with E-state index < -0.39 is 0 Å². The van der Waals surface area contributed by atoms with Crippen LogP contribution in [0.1, 0.15) is 25.3 Å². The second-order valence-electron chi connectivity index (χ2n) is 5.19. The van der Waals surface area contributed by atoms with Gasteiger partial charge >= 0.3 is 5.97 Å². The van der Waals surface area contributed by atoms with Crippen LogP contribution in [-0.4, -0.2) is 25.7 Å². The van der Waals surface area contributed by atoms with Gasteiger partial charge in [-0.25, -0.2) is 0 Å². The fourth-order valence-electron chi connectivity index (χ4n) is 2.73. The van der Waals surface area contributed by atoms with Crippen molar-refractivity contribution in [2.75, 3.05) is 19.7 Å². The molecule has 0 aromatic heterocycles. The van der Waals surface area contributed by atoms with Crippen LogP contribution in [0.4, 0.5) is 0 Å². The number of hydrogen-bond acceptors (Lipinski definition) is 2. The minimum Gasteiger partial charge on any atom is -0.466 e. The highest BCUT2D eigenvalue weighted by molar-refractivity contribution is 6.42. The molecule has 1 aromatic rings. The number of piperidine rings is 1. The van der Waals surface area contributed by atoms with Crippen molar-refractivity contribution in [3.63, 3.8) is 0 Å². The van der Waals surface area contributed by atoms with Crippen molar-refractivity contribution < 1.29 is 14.4 Å². The Hall–Kier alpha value is -0.770. The van der Waals surface area contributed by atoms with Gasteiger partial charge in [-0.3, -0.25) is 4.79 Å². The first kappa shape index (κ1) is 15.6. The summed E-state index contributed by atoms with van der Waals surface area (Å²) < 4.78 is 5.12. The van der Waals surface area contributed by atoms with Gasteiger partial charge in [-0.15, -0.1) is 0 Å². The molecule has 0 amide bonds. The molecule has 0 radical (unpaired) electrons. The molecule has 0 spiro atoms. The van der Waals surface area contributed by atoms with Crippen LogP contribution >= 0.6 is 23.2 Å². The lowest BCUT2D eigenvalue weighted by molar-refractivity contribution is -0.921.